The summed E-state index contributed by atoms with van der Waals surface area (Å²) < 4.78 is 17.6. The smallest absolute Gasteiger partial charge is 0.264 e. The molecule has 1 aliphatic rings. The lowest BCUT2D eigenvalue weighted by molar-refractivity contribution is -0.140. The van der Waals surface area contributed by atoms with Crippen LogP contribution in [0.2, 0.25) is 0 Å². The van der Waals surface area contributed by atoms with E-state index in [9.17, 15) is 4.79 Å². The van der Waals surface area contributed by atoms with E-state index in [1.807, 2.05) is 96.8 Å². The number of para-hydroxylation sites is 1. The van der Waals surface area contributed by atoms with E-state index < -0.39 is 6.10 Å². The normalized spacial score (nSPS) is 15.3. The Hall–Kier alpha value is -4.71. The SMILES string of the molecule is COc1ccc2[nH]c3c(c2c1)CCN(C(=O)[C@@H](C)Oc1ccccc1)[C@H]3c1ccc(OCc2ccccc2)cc1. The summed E-state index contributed by atoms with van der Waals surface area (Å²) in [6.45, 7) is 2.89. The number of amides is 1. The van der Waals surface area contributed by atoms with Crippen molar-refractivity contribution in [2.24, 2.45) is 0 Å². The molecule has 6 nitrogen and oxygen atoms in total. The molecule has 1 amide bonds. The van der Waals surface area contributed by atoms with E-state index in [1.165, 1.54) is 5.56 Å². The van der Waals surface area contributed by atoms with Crippen LogP contribution >= 0.6 is 0 Å². The number of hydrogen-bond donors (Lipinski definition) is 1. The molecule has 0 fully saturated rings. The van der Waals surface area contributed by atoms with Gasteiger partial charge in [-0.05, 0) is 72.5 Å². The molecule has 0 unspecified atom stereocenters. The van der Waals surface area contributed by atoms with Crippen LogP contribution in [0, 0.1) is 0 Å². The number of nitrogens with zero attached hydrogens (tertiary/aromatic N) is 1. The van der Waals surface area contributed by atoms with Crippen LogP contribution in [-0.4, -0.2) is 35.5 Å². The van der Waals surface area contributed by atoms with Gasteiger partial charge >= 0.3 is 0 Å². The Bertz CT molecular complexity index is 1600. The topological polar surface area (TPSA) is 63.8 Å². The Labute approximate surface area is 234 Å². The lowest BCUT2D eigenvalue weighted by Gasteiger charge is -2.37. The van der Waals surface area contributed by atoms with Crippen molar-refractivity contribution in [1.29, 1.82) is 0 Å². The van der Waals surface area contributed by atoms with Gasteiger partial charge in [0, 0.05) is 23.1 Å². The third-order valence-electron chi connectivity index (χ3n) is 7.47. The minimum Gasteiger partial charge on any atom is -0.497 e. The lowest BCUT2D eigenvalue weighted by atomic mass is 9.92. The number of aromatic nitrogens is 1. The van der Waals surface area contributed by atoms with Gasteiger partial charge in [0.25, 0.3) is 5.91 Å². The van der Waals surface area contributed by atoms with Crippen LogP contribution in [0.15, 0.2) is 103 Å². The summed E-state index contributed by atoms with van der Waals surface area (Å²) in [5, 5.41) is 1.13. The van der Waals surface area contributed by atoms with Crippen LogP contribution in [0.1, 0.15) is 35.3 Å². The molecule has 2 heterocycles. The van der Waals surface area contributed by atoms with Gasteiger partial charge < -0.3 is 24.1 Å². The van der Waals surface area contributed by atoms with Gasteiger partial charge in [-0.2, -0.15) is 0 Å². The summed E-state index contributed by atoms with van der Waals surface area (Å²) in [5.74, 6) is 2.22. The fourth-order valence-corrected chi connectivity index (χ4v) is 5.45. The highest BCUT2D eigenvalue weighted by Gasteiger charge is 2.37. The molecule has 4 aromatic carbocycles. The molecular weight excluding hydrogens is 500 g/mol. The number of methoxy groups -OCH3 is 1. The molecule has 1 aliphatic heterocycles. The number of aromatic amines is 1. The number of carbonyl (C=O) groups is 1. The second-order valence-corrected chi connectivity index (χ2v) is 10.0. The summed E-state index contributed by atoms with van der Waals surface area (Å²) in [4.78, 5) is 19.4. The zero-order valence-corrected chi connectivity index (χ0v) is 22.7. The molecule has 0 saturated heterocycles. The first-order valence-corrected chi connectivity index (χ1v) is 13.6. The maximum atomic E-state index is 13.9. The maximum absolute atomic E-state index is 13.9. The minimum absolute atomic E-state index is 0.0554. The number of carbonyl (C=O) groups excluding carboxylic acids is 1. The monoisotopic (exact) mass is 532 g/mol. The van der Waals surface area contributed by atoms with Crippen LogP contribution in [0.3, 0.4) is 0 Å². The third kappa shape index (κ3) is 5.13. The Morgan fingerprint density at radius 3 is 2.33 bits per heavy atom. The van der Waals surface area contributed by atoms with Crippen LogP contribution < -0.4 is 14.2 Å². The van der Waals surface area contributed by atoms with E-state index in [0.29, 0.717) is 18.9 Å². The van der Waals surface area contributed by atoms with Crippen molar-refractivity contribution in [3.05, 3.63) is 126 Å². The van der Waals surface area contributed by atoms with E-state index >= 15 is 0 Å². The molecule has 0 spiro atoms. The number of hydrogen-bond acceptors (Lipinski definition) is 4. The highest BCUT2D eigenvalue weighted by molar-refractivity contribution is 5.88. The van der Waals surface area contributed by atoms with E-state index in [1.54, 1.807) is 7.11 Å². The summed E-state index contributed by atoms with van der Waals surface area (Å²) in [6.07, 6.45) is 0.102. The number of benzene rings is 4. The summed E-state index contributed by atoms with van der Waals surface area (Å²) >= 11 is 0. The summed E-state index contributed by atoms with van der Waals surface area (Å²) in [7, 11) is 1.68. The average Bonchev–Trinajstić information content (AvgIpc) is 3.38. The Morgan fingerprint density at radius 1 is 0.900 bits per heavy atom. The minimum atomic E-state index is -0.635. The zero-order valence-electron chi connectivity index (χ0n) is 22.7. The quantitative estimate of drug-likeness (QED) is 0.242. The first kappa shape index (κ1) is 25.6. The van der Waals surface area contributed by atoms with E-state index in [2.05, 4.69) is 23.2 Å². The number of nitrogens with one attached hydrogen (secondary N) is 1. The predicted molar refractivity (Wildman–Crippen MR) is 156 cm³/mol. The average molecular weight is 533 g/mol. The first-order valence-electron chi connectivity index (χ1n) is 13.6. The molecule has 0 aliphatic carbocycles. The molecule has 40 heavy (non-hydrogen) atoms. The molecular formula is C34H32N2O4. The molecule has 0 saturated carbocycles. The highest BCUT2D eigenvalue weighted by Crippen LogP contribution is 2.40. The van der Waals surface area contributed by atoms with Gasteiger partial charge in [-0.25, -0.2) is 0 Å². The van der Waals surface area contributed by atoms with Crippen molar-refractivity contribution in [3.63, 3.8) is 0 Å². The van der Waals surface area contributed by atoms with Gasteiger partial charge in [-0.3, -0.25) is 4.79 Å². The first-order chi connectivity index (χ1) is 19.6. The molecule has 0 bridgehead atoms. The van der Waals surface area contributed by atoms with Crippen molar-refractivity contribution in [3.8, 4) is 17.2 Å². The molecule has 2 atom stereocenters. The zero-order chi connectivity index (χ0) is 27.5. The fourth-order valence-electron chi connectivity index (χ4n) is 5.45. The molecule has 202 valence electrons. The molecule has 1 aromatic heterocycles. The molecule has 1 N–H and O–H groups in total. The standard InChI is InChI=1S/C34H32N2O4/c1-23(40-27-11-7-4-8-12-27)34(37)36-20-19-29-30-21-28(38-2)17-18-31(30)35-32(29)33(36)25-13-15-26(16-14-25)39-22-24-9-5-3-6-10-24/h3-18,21,23,33,35H,19-20,22H2,1-2H3/t23-,33+/m1/s1. The van der Waals surface area contributed by atoms with Gasteiger partial charge in [0.05, 0.1) is 13.2 Å². The van der Waals surface area contributed by atoms with Crippen LogP contribution in [0.5, 0.6) is 17.2 Å². The van der Waals surface area contributed by atoms with Gasteiger partial charge in [-0.1, -0.05) is 60.7 Å². The second kappa shape index (κ2) is 11.2. The molecule has 5 aromatic rings. The largest absolute Gasteiger partial charge is 0.497 e. The summed E-state index contributed by atoms with van der Waals surface area (Å²) in [6, 6.07) is 33.4. The van der Waals surface area contributed by atoms with Gasteiger partial charge in [-0.15, -0.1) is 0 Å². The number of ether oxygens (including phenoxy) is 3. The lowest BCUT2D eigenvalue weighted by Crippen LogP contribution is -2.46. The Kier molecular flexibility index (Phi) is 7.15. The van der Waals surface area contributed by atoms with Crippen LogP contribution in [0.25, 0.3) is 10.9 Å². The van der Waals surface area contributed by atoms with Gasteiger partial charge in [0.15, 0.2) is 6.10 Å². The predicted octanol–water partition coefficient (Wildman–Crippen LogP) is 6.70. The van der Waals surface area contributed by atoms with Crippen LogP contribution in [-0.2, 0) is 17.8 Å². The number of H-pyrrole nitrogens is 1. The Balaban J connectivity index is 1.33. The fraction of sp³-hybridized carbons (Fsp3) is 0.206. The van der Waals surface area contributed by atoms with Crippen molar-refractivity contribution in [1.82, 2.24) is 9.88 Å². The van der Waals surface area contributed by atoms with Gasteiger partial charge in [0.2, 0.25) is 0 Å². The third-order valence-corrected chi connectivity index (χ3v) is 7.47. The molecule has 6 rings (SSSR count). The second-order valence-electron chi connectivity index (χ2n) is 10.0. The van der Waals surface area contributed by atoms with E-state index in [0.717, 1.165) is 45.6 Å². The van der Waals surface area contributed by atoms with Crippen LogP contribution in [0.4, 0.5) is 0 Å². The molecule has 0 radical (unpaired) electrons. The Morgan fingerprint density at radius 2 is 1.60 bits per heavy atom. The van der Waals surface area contributed by atoms with Gasteiger partial charge in [0.1, 0.15) is 23.9 Å². The van der Waals surface area contributed by atoms with Crippen molar-refractivity contribution in [2.45, 2.75) is 32.1 Å². The summed E-state index contributed by atoms with van der Waals surface area (Å²) in [5.41, 5.74) is 5.38. The van der Waals surface area contributed by atoms with E-state index in [-0.39, 0.29) is 11.9 Å². The van der Waals surface area contributed by atoms with E-state index in [4.69, 9.17) is 14.2 Å². The van der Waals surface area contributed by atoms with Crippen molar-refractivity contribution in [2.75, 3.05) is 13.7 Å². The number of rotatable bonds is 8. The highest BCUT2D eigenvalue weighted by atomic mass is 16.5. The van der Waals surface area contributed by atoms with Crippen molar-refractivity contribution < 1.29 is 19.0 Å². The number of fused-ring (bicyclic) bond motifs is 3. The van der Waals surface area contributed by atoms with Crippen molar-refractivity contribution >= 4 is 16.8 Å². The molecule has 6 heteroatoms. The maximum Gasteiger partial charge on any atom is 0.264 e.